The van der Waals surface area contributed by atoms with Crippen LogP contribution in [0.3, 0.4) is 0 Å². The van der Waals surface area contributed by atoms with Gasteiger partial charge in [0.2, 0.25) is 9.94 Å². The van der Waals surface area contributed by atoms with E-state index in [2.05, 4.69) is 20.6 Å². The molecule has 1 aromatic heterocycles. The van der Waals surface area contributed by atoms with Crippen molar-refractivity contribution in [1.29, 1.82) is 0 Å². The smallest absolute Gasteiger partial charge is 0.469 e. The van der Waals surface area contributed by atoms with E-state index in [1.54, 1.807) is 12.1 Å². The van der Waals surface area contributed by atoms with Gasteiger partial charge in [0.15, 0.2) is 5.52 Å². The van der Waals surface area contributed by atoms with E-state index < -0.39 is 0 Å². The van der Waals surface area contributed by atoms with Crippen molar-refractivity contribution in [3.8, 4) is 11.1 Å². The zero-order valence-electron chi connectivity index (χ0n) is 16.9. The lowest BCUT2D eigenvalue weighted by Crippen LogP contribution is -2.45. The average Bonchev–Trinajstić information content (AvgIpc) is 2.83. The predicted octanol–water partition coefficient (Wildman–Crippen LogP) is 2.21. The van der Waals surface area contributed by atoms with Gasteiger partial charge in [0.05, 0.1) is 0 Å². The molecule has 0 radical (unpaired) electrons. The van der Waals surface area contributed by atoms with E-state index in [9.17, 15) is 10.4 Å². The van der Waals surface area contributed by atoms with Crippen LogP contribution >= 0.6 is 0 Å². The number of rotatable bonds is 4. The molecule has 1 aliphatic heterocycles. The first-order valence-electron chi connectivity index (χ1n) is 10.3. The van der Waals surface area contributed by atoms with Crippen LogP contribution in [-0.2, 0) is 0 Å². The highest BCUT2D eigenvalue weighted by Crippen LogP contribution is 2.23. The van der Waals surface area contributed by atoms with Crippen LogP contribution in [-0.4, -0.2) is 36.5 Å². The van der Waals surface area contributed by atoms with E-state index in [1.165, 1.54) is 0 Å². The van der Waals surface area contributed by atoms with Gasteiger partial charge in [-0.15, -0.1) is 0 Å². The normalized spacial score (nSPS) is 14.0. The van der Waals surface area contributed by atoms with E-state index in [4.69, 9.17) is 0 Å². The minimum atomic E-state index is -0.00216. The Morgan fingerprint density at radius 1 is 0.903 bits per heavy atom. The maximum absolute atomic E-state index is 13.1. The first-order chi connectivity index (χ1) is 15.2. The van der Waals surface area contributed by atoms with Gasteiger partial charge in [-0.1, -0.05) is 36.4 Å². The quantitative estimate of drug-likeness (QED) is 0.269. The molecule has 1 aliphatic rings. The van der Waals surface area contributed by atoms with E-state index in [0.717, 1.165) is 53.5 Å². The predicted molar refractivity (Wildman–Crippen MR) is 118 cm³/mol. The molecule has 0 saturated carbocycles. The van der Waals surface area contributed by atoms with Crippen molar-refractivity contribution in [1.82, 2.24) is 10.4 Å². The molecule has 3 aromatic carbocycles. The van der Waals surface area contributed by atoms with Crippen LogP contribution in [0.4, 0.5) is 17.3 Å². The first kappa shape index (κ1) is 19.1. The zero-order valence-corrected chi connectivity index (χ0v) is 16.9. The average molecular weight is 415 g/mol. The number of hydrogen-bond donors (Lipinski definition) is 3. The van der Waals surface area contributed by atoms with Crippen LogP contribution in [0.5, 0.6) is 0 Å². The van der Waals surface area contributed by atoms with Crippen LogP contribution in [0.2, 0.25) is 0 Å². The van der Waals surface area contributed by atoms with Gasteiger partial charge in [0.1, 0.15) is 5.69 Å². The standard InChI is InChI=1S/C23H23N6O2/c30-28-22-15-18(17-5-2-1-3-6-17)9-10-21(22)29(31)26-23(28)25-19-7-4-8-20(16-19)27-13-11-24-12-14-27/h1-10,15-16,24H,11-14H2,(H2,25,26,31)/q+1. The van der Waals surface area contributed by atoms with Crippen molar-refractivity contribution in [2.45, 2.75) is 0 Å². The Bertz CT molecular complexity index is 1230. The number of aromatic nitrogens is 3. The molecule has 0 bridgehead atoms. The third-order valence-corrected chi connectivity index (χ3v) is 5.48. The van der Waals surface area contributed by atoms with Crippen molar-refractivity contribution in [3.63, 3.8) is 0 Å². The molecule has 4 aromatic rings. The molecule has 156 valence electrons. The Labute approximate surface area is 179 Å². The van der Waals surface area contributed by atoms with Gasteiger partial charge in [-0.2, -0.15) is 0 Å². The molecule has 1 fully saturated rings. The monoisotopic (exact) mass is 415 g/mol. The molecule has 8 heteroatoms. The molecule has 5 rings (SSSR count). The second-order valence-electron chi connectivity index (χ2n) is 7.49. The highest BCUT2D eigenvalue weighted by Gasteiger charge is 2.25. The molecule has 0 amide bonds. The van der Waals surface area contributed by atoms with Gasteiger partial charge in [0, 0.05) is 44.0 Å². The van der Waals surface area contributed by atoms with Crippen LogP contribution in [0.25, 0.3) is 22.2 Å². The van der Waals surface area contributed by atoms with Gasteiger partial charge in [-0.25, -0.2) is 15.3 Å². The Morgan fingerprint density at radius 2 is 1.71 bits per heavy atom. The molecule has 31 heavy (non-hydrogen) atoms. The van der Waals surface area contributed by atoms with Gasteiger partial charge >= 0.3 is 11.5 Å². The highest BCUT2D eigenvalue weighted by molar-refractivity contribution is 5.77. The second-order valence-corrected chi connectivity index (χ2v) is 7.49. The molecule has 8 nitrogen and oxygen atoms in total. The van der Waals surface area contributed by atoms with E-state index in [1.807, 2.05) is 60.7 Å². The largest absolute Gasteiger partial charge is 0.739 e. The topological polar surface area (TPSA) is 91.2 Å². The van der Waals surface area contributed by atoms with E-state index >= 15 is 0 Å². The summed E-state index contributed by atoms with van der Waals surface area (Å²) in [5.74, 6) is -0.00216. The van der Waals surface area contributed by atoms with Crippen LogP contribution < -0.4 is 25.1 Å². The summed E-state index contributed by atoms with van der Waals surface area (Å²) in [6.45, 7) is 3.74. The Balaban J connectivity index is 1.51. The molecule has 0 spiro atoms. The summed E-state index contributed by atoms with van der Waals surface area (Å²) >= 11 is 0. The highest BCUT2D eigenvalue weighted by atomic mass is 16.5. The second kappa shape index (κ2) is 8.08. The third kappa shape index (κ3) is 3.80. The summed E-state index contributed by atoms with van der Waals surface area (Å²) in [4.78, 5) is 3.03. The number of nitrogens with one attached hydrogen (secondary N) is 2. The summed E-state index contributed by atoms with van der Waals surface area (Å²) in [5, 5.41) is 33.9. The molecule has 0 atom stereocenters. The van der Waals surface area contributed by atoms with Gasteiger partial charge in [-0.3, -0.25) is 0 Å². The Kier molecular flexibility index (Phi) is 4.97. The fourth-order valence-corrected chi connectivity index (χ4v) is 3.87. The van der Waals surface area contributed by atoms with Crippen molar-refractivity contribution in [2.24, 2.45) is 0 Å². The number of anilines is 3. The molecule has 1 saturated heterocycles. The summed E-state index contributed by atoms with van der Waals surface area (Å²) in [6.07, 6.45) is 0. The molecular weight excluding hydrogens is 392 g/mol. The van der Waals surface area contributed by atoms with E-state index in [-0.39, 0.29) is 5.95 Å². The fourth-order valence-electron chi connectivity index (χ4n) is 3.87. The number of hydrogen-bond acceptors (Lipinski definition) is 6. The van der Waals surface area contributed by atoms with Gasteiger partial charge < -0.3 is 15.4 Å². The summed E-state index contributed by atoms with van der Waals surface area (Å²) in [7, 11) is 0. The third-order valence-electron chi connectivity index (χ3n) is 5.48. The summed E-state index contributed by atoms with van der Waals surface area (Å²) < 4.78 is 0.714. The number of fused-ring (bicyclic) bond motifs is 1. The summed E-state index contributed by atoms with van der Waals surface area (Å²) in [6, 6.07) is 22.9. The first-order valence-corrected chi connectivity index (χ1v) is 10.3. The number of nitrogens with zero attached hydrogens (tertiary/aromatic N) is 4. The minimum Gasteiger partial charge on any atom is -0.739 e. The van der Waals surface area contributed by atoms with Crippen molar-refractivity contribution in [3.05, 3.63) is 78.0 Å². The van der Waals surface area contributed by atoms with Crippen LogP contribution in [0.15, 0.2) is 72.8 Å². The molecule has 0 aliphatic carbocycles. The van der Waals surface area contributed by atoms with Crippen molar-refractivity contribution in [2.75, 3.05) is 36.4 Å². The zero-order chi connectivity index (χ0) is 21.2. The maximum Gasteiger partial charge on any atom is 0.469 e. The molecule has 2 heterocycles. The number of benzene rings is 3. The Hall–Kier alpha value is -3.91. The fraction of sp³-hybridized carbons (Fsp3) is 0.174. The van der Waals surface area contributed by atoms with Crippen molar-refractivity contribution < 1.29 is 14.8 Å². The summed E-state index contributed by atoms with van der Waals surface area (Å²) in [5.41, 5.74) is 4.33. The SMILES string of the molecule is [O-][n+]1c(Nc2cccc(N3CCNCC3)c2)n[n+](O)c2ccc(-c3ccccc3)cc21. The molecule has 0 unspecified atom stereocenters. The van der Waals surface area contributed by atoms with Gasteiger partial charge in [-0.05, 0) is 35.4 Å². The Morgan fingerprint density at radius 3 is 2.52 bits per heavy atom. The molecule has 3 N–H and O–H groups in total. The molecular formula is C23H23N6O2+. The lowest BCUT2D eigenvalue weighted by molar-refractivity contribution is -0.933. The van der Waals surface area contributed by atoms with Crippen LogP contribution in [0.1, 0.15) is 0 Å². The van der Waals surface area contributed by atoms with Crippen molar-refractivity contribution >= 4 is 28.4 Å². The maximum atomic E-state index is 13.1. The minimum absolute atomic E-state index is 0.00216. The van der Waals surface area contributed by atoms with Gasteiger partial charge in [0.25, 0.3) is 0 Å². The number of piperazine rings is 1. The van der Waals surface area contributed by atoms with E-state index in [0.29, 0.717) is 15.8 Å². The van der Waals surface area contributed by atoms with Crippen LogP contribution in [0, 0.1) is 5.21 Å². The lowest BCUT2D eigenvalue weighted by Gasteiger charge is -2.29. The lowest BCUT2D eigenvalue weighted by atomic mass is 10.1.